The van der Waals surface area contributed by atoms with Crippen LogP contribution in [0.15, 0.2) is 48.7 Å². The largest absolute Gasteiger partial charge is 0.399 e. The van der Waals surface area contributed by atoms with Gasteiger partial charge in [0.1, 0.15) is 0 Å². The molecule has 0 aliphatic rings. The summed E-state index contributed by atoms with van der Waals surface area (Å²) in [6.45, 7) is 0.186. The van der Waals surface area contributed by atoms with Crippen LogP contribution in [0.4, 0.5) is 5.69 Å². The summed E-state index contributed by atoms with van der Waals surface area (Å²) in [6, 6.07) is 12.2. The van der Waals surface area contributed by atoms with Gasteiger partial charge < -0.3 is 5.73 Å². The van der Waals surface area contributed by atoms with Crippen molar-refractivity contribution >= 4 is 15.7 Å². The molecule has 1 heterocycles. The number of nitrogens with one attached hydrogen (secondary N) is 1. The number of rotatable bonds is 5. The van der Waals surface area contributed by atoms with Crippen LogP contribution in [0, 0.1) is 0 Å². The molecule has 1 aromatic carbocycles. The standard InChI is InChI=1S/C13H15N3O2S/c14-12-5-3-4-11(8-12)10-19(17,18)16-9-13-6-1-2-7-15-13/h1-8,16H,9-10,14H2. The number of pyridine rings is 1. The van der Waals surface area contributed by atoms with E-state index in [0.29, 0.717) is 16.9 Å². The van der Waals surface area contributed by atoms with Crippen molar-refractivity contribution in [3.63, 3.8) is 0 Å². The zero-order valence-electron chi connectivity index (χ0n) is 10.3. The molecule has 5 nitrogen and oxygen atoms in total. The van der Waals surface area contributed by atoms with Crippen molar-refractivity contribution in [3.8, 4) is 0 Å². The fourth-order valence-electron chi connectivity index (χ4n) is 1.64. The summed E-state index contributed by atoms with van der Waals surface area (Å²) >= 11 is 0. The molecule has 0 aliphatic carbocycles. The van der Waals surface area contributed by atoms with Crippen molar-refractivity contribution < 1.29 is 8.42 Å². The topological polar surface area (TPSA) is 85.1 Å². The van der Waals surface area contributed by atoms with Crippen LogP contribution in [0.5, 0.6) is 0 Å². The Bertz CT molecular complexity index is 642. The molecular weight excluding hydrogens is 262 g/mol. The molecule has 2 aromatic rings. The van der Waals surface area contributed by atoms with E-state index in [1.165, 1.54) is 0 Å². The van der Waals surface area contributed by atoms with E-state index in [0.717, 1.165) is 0 Å². The van der Waals surface area contributed by atoms with Crippen molar-refractivity contribution in [1.29, 1.82) is 0 Å². The van der Waals surface area contributed by atoms with Crippen LogP contribution in [0.1, 0.15) is 11.3 Å². The molecule has 1 aromatic heterocycles. The summed E-state index contributed by atoms with van der Waals surface area (Å²) in [5.41, 5.74) is 7.51. The van der Waals surface area contributed by atoms with Crippen LogP contribution in [0.2, 0.25) is 0 Å². The zero-order valence-corrected chi connectivity index (χ0v) is 11.1. The van der Waals surface area contributed by atoms with Crippen LogP contribution in [0.25, 0.3) is 0 Å². The summed E-state index contributed by atoms with van der Waals surface area (Å²) in [4.78, 5) is 4.06. The van der Waals surface area contributed by atoms with Crippen LogP contribution in [-0.4, -0.2) is 13.4 Å². The first-order valence-corrected chi connectivity index (χ1v) is 7.42. The van der Waals surface area contributed by atoms with E-state index in [9.17, 15) is 8.42 Å². The van der Waals surface area contributed by atoms with Crippen LogP contribution in [0.3, 0.4) is 0 Å². The minimum absolute atomic E-state index is 0.0924. The Labute approximate surface area is 112 Å². The molecule has 0 bridgehead atoms. The molecule has 0 saturated carbocycles. The molecule has 0 unspecified atom stereocenters. The number of aromatic nitrogens is 1. The van der Waals surface area contributed by atoms with E-state index in [1.807, 2.05) is 6.07 Å². The van der Waals surface area contributed by atoms with Gasteiger partial charge in [-0.2, -0.15) is 0 Å². The lowest BCUT2D eigenvalue weighted by molar-refractivity contribution is 0.579. The fraction of sp³-hybridized carbons (Fsp3) is 0.154. The molecular formula is C13H15N3O2S. The zero-order chi connectivity index (χ0) is 13.7. The van der Waals surface area contributed by atoms with Gasteiger partial charge in [0.25, 0.3) is 0 Å². The molecule has 3 N–H and O–H groups in total. The van der Waals surface area contributed by atoms with Gasteiger partial charge in [0.15, 0.2) is 0 Å². The average molecular weight is 277 g/mol. The van der Waals surface area contributed by atoms with E-state index in [1.54, 1.807) is 42.6 Å². The van der Waals surface area contributed by atoms with E-state index in [-0.39, 0.29) is 12.3 Å². The monoisotopic (exact) mass is 277 g/mol. The predicted octanol–water partition coefficient (Wildman–Crippen LogP) is 1.28. The van der Waals surface area contributed by atoms with Gasteiger partial charge in [-0.05, 0) is 29.8 Å². The number of nitrogens with zero attached hydrogens (tertiary/aromatic N) is 1. The molecule has 0 aliphatic heterocycles. The number of sulfonamides is 1. The van der Waals surface area contributed by atoms with Gasteiger partial charge in [-0.15, -0.1) is 0 Å². The van der Waals surface area contributed by atoms with Gasteiger partial charge in [0.2, 0.25) is 10.0 Å². The molecule has 100 valence electrons. The van der Waals surface area contributed by atoms with Crippen molar-refractivity contribution in [1.82, 2.24) is 9.71 Å². The fourth-order valence-corrected chi connectivity index (χ4v) is 2.73. The normalized spacial score (nSPS) is 11.4. The van der Waals surface area contributed by atoms with Gasteiger partial charge in [-0.1, -0.05) is 18.2 Å². The molecule has 0 atom stereocenters. The Morgan fingerprint density at radius 1 is 1.16 bits per heavy atom. The highest BCUT2D eigenvalue weighted by atomic mass is 32.2. The smallest absolute Gasteiger partial charge is 0.216 e. The quantitative estimate of drug-likeness (QED) is 0.806. The van der Waals surface area contributed by atoms with Gasteiger partial charge in [-0.3, -0.25) is 4.98 Å². The molecule has 0 fully saturated rings. The second-order valence-corrected chi connectivity index (χ2v) is 5.95. The Morgan fingerprint density at radius 2 is 2.00 bits per heavy atom. The molecule has 0 amide bonds. The van der Waals surface area contributed by atoms with Gasteiger partial charge in [0.05, 0.1) is 18.0 Å². The van der Waals surface area contributed by atoms with Crippen LogP contribution < -0.4 is 10.5 Å². The van der Waals surface area contributed by atoms with E-state index in [4.69, 9.17) is 5.73 Å². The number of hydrogen-bond acceptors (Lipinski definition) is 4. The molecule has 0 spiro atoms. The van der Waals surface area contributed by atoms with E-state index in [2.05, 4.69) is 9.71 Å². The third-order valence-electron chi connectivity index (χ3n) is 2.51. The van der Waals surface area contributed by atoms with Crippen molar-refractivity contribution in [2.24, 2.45) is 0 Å². The van der Waals surface area contributed by atoms with Crippen LogP contribution in [-0.2, 0) is 22.3 Å². The number of benzene rings is 1. The van der Waals surface area contributed by atoms with Gasteiger partial charge in [-0.25, -0.2) is 13.1 Å². The molecule has 6 heteroatoms. The Morgan fingerprint density at radius 3 is 2.68 bits per heavy atom. The van der Waals surface area contributed by atoms with Crippen molar-refractivity contribution in [3.05, 3.63) is 59.9 Å². The highest BCUT2D eigenvalue weighted by Crippen LogP contribution is 2.10. The maximum absolute atomic E-state index is 11.9. The lowest BCUT2D eigenvalue weighted by Crippen LogP contribution is -2.25. The summed E-state index contributed by atoms with van der Waals surface area (Å²) in [7, 11) is -3.40. The average Bonchev–Trinajstić information content (AvgIpc) is 2.37. The first kappa shape index (κ1) is 13.5. The number of nitrogen functional groups attached to an aromatic ring is 1. The summed E-state index contributed by atoms with van der Waals surface area (Å²) in [6.07, 6.45) is 1.63. The molecule has 0 radical (unpaired) electrons. The summed E-state index contributed by atoms with van der Waals surface area (Å²) in [5.74, 6) is -0.0924. The molecule has 2 rings (SSSR count). The van der Waals surface area contributed by atoms with Gasteiger partial charge in [0, 0.05) is 11.9 Å². The van der Waals surface area contributed by atoms with Crippen molar-refractivity contribution in [2.75, 3.05) is 5.73 Å². The Balaban J connectivity index is 1.99. The minimum Gasteiger partial charge on any atom is -0.399 e. The molecule has 0 saturated heterocycles. The molecule has 19 heavy (non-hydrogen) atoms. The van der Waals surface area contributed by atoms with E-state index >= 15 is 0 Å². The maximum Gasteiger partial charge on any atom is 0.216 e. The van der Waals surface area contributed by atoms with Crippen molar-refractivity contribution in [2.45, 2.75) is 12.3 Å². The lowest BCUT2D eigenvalue weighted by atomic mass is 10.2. The summed E-state index contributed by atoms with van der Waals surface area (Å²) in [5, 5.41) is 0. The second-order valence-electron chi connectivity index (χ2n) is 4.15. The first-order chi connectivity index (χ1) is 9.05. The Kier molecular flexibility index (Phi) is 4.13. The number of hydrogen-bond donors (Lipinski definition) is 2. The minimum atomic E-state index is -3.40. The first-order valence-electron chi connectivity index (χ1n) is 5.77. The lowest BCUT2D eigenvalue weighted by Gasteiger charge is -2.07. The predicted molar refractivity (Wildman–Crippen MR) is 74.6 cm³/mol. The SMILES string of the molecule is Nc1cccc(CS(=O)(=O)NCc2ccccn2)c1. The second kappa shape index (κ2) is 5.81. The van der Waals surface area contributed by atoms with Crippen LogP contribution >= 0.6 is 0 Å². The third kappa shape index (κ3) is 4.35. The Hall–Kier alpha value is -1.92. The highest BCUT2D eigenvalue weighted by Gasteiger charge is 2.11. The van der Waals surface area contributed by atoms with Gasteiger partial charge >= 0.3 is 0 Å². The number of anilines is 1. The highest BCUT2D eigenvalue weighted by molar-refractivity contribution is 7.88. The number of nitrogens with two attached hydrogens (primary N) is 1. The summed E-state index contributed by atoms with van der Waals surface area (Å²) < 4.78 is 26.3. The third-order valence-corrected chi connectivity index (χ3v) is 3.80. The van der Waals surface area contributed by atoms with E-state index < -0.39 is 10.0 Å². The maximum atomic E-state index is 11.9.